The van der Waals surface area contributed by atoms with Gasteiger partial charge in [-0.15, -0.1) is 0 Å². The van der Waals surface area contributed by atoms with E-state index in [9.17, 15) is 9.18 Å². The van der Waals surface area contributed by atoms with Gasteiger partial charge in [0.15, 0.2) is 0 Å². The second-order valence-electron chi connectivity index (χ2n) is 5.23. The number of rotatable bonds is 5. The summed E-state index contributed by atoms with van der Waals surface area (Å²) in [5, 5.41) is 2.80. The van der Waals surface area contributed by atoms with Crippen LogP contribution in [0.2, 0.25) is 0 Å². The molecule has 1 amide bonds. The normalized spacial score (nSPS) is 11.1. The Morgan fingerprint density at radius 2 is 2.26 bits per heavy atom. The summed E-state index contributed by atoms with van der Waals surface area (Å²) >= 11 is 0. The molecule has 6 nitrogen and oxygen atoms in total. The lowest BCUT2D eigenvalue weighted by Gasteiger charge is -2.04. The van der Waals surface area contributed by atoms with Gasteiger partial charge in [0.1, 0.15) is 23.7 Å². The lowest BCUT2D eigenvalue weighted by Crippen LogP contribution is -2.26. The monoisotopic (exact) mass is 316 g/mol. The average molecular weight is 316 g/mol. The number of furan rings is 1. The second kappa shape index (κ2) is 6.21. The van der Waals surface area contributed by atoms with E-state index in [1.807, 2.05) is 11.6 Å². The van der Waals surface area contributed by atoms with Crippen LogP contribution in [0, 0.1) is 5.82 Å². The van der Waals surface area contributed by atoms with Gasteiger partial charge in [0.25, 0.3) is 5.91 Å². The number of carbonyl (C=O) groups excluding carboxylic acids is 1. The molecule has 7 heteroatoms. The predicted molar refractivity (Wildman–Crippen MR) is 83.3 cm³/mol. The Bertz CT molecular complexity index is 853. The molecule has 120 valence electrons. The van der Waals surface area contributed by atoms with Crippen LogP contribution >= 0.6 is 0 Å². The Labute approximate surface area is 132 Å². The molecule has 1 aromatic carbocycles. The van der Waals surface area contributed by atoms with Crippen LogP contribution in [0.4, 0.5) is 4.39 Å². The molecule has 0 aliphatic rings. The van der Waals surface area contributed by atoms with Crippen molar-refractivity contribution in [2.45, 2.75) is 13.0 Å². The largest absolute Gasteiger partial charge is 0.467 e. The number of nitrogens with zero attached hydrogens (tertiary/aromatic N) is 2. The first-order valence-electron chi connectivity index (χ1n) is 7.25. The highest BCUT2D eigenvalue weighted by Crippen LogP contribution is 2.16. The lowest BCUT2D eigenvalue weighted by atomic mass is 10.3. The van der Waals surface area contributed by atoms with Crippen LogP contribution < -0.4 is 11.1 Å². The molecule has 0 aliphatic carbocycles. The summed E-state index contributed by atoms with van der Waals surface area (Å²) in [7, 11) is 1.87. The van der Waals surface area contributed by atoms with Crippen LogP contribution in [0.15, 0.2) is 34.9 Å². The van der Waals surface area contributed by atoms with Crippen molar-refractivity contribution in [2.24, 2.45) is 12.8 Å². The van der Waals surface area contributed by atoms with Crippen molar-refractivity contribution in [1.29, 1.82) is 0 Å². The fourth-order valence-corrected chi connectivity index (χ4v) is 2.44. The van der Waals surface area contributed by atoms with Gasteiger partial charge in [-0.25, -0.2) is 9.37 Å². The number of imidazole rings is 1. The molecule has 0 unspecified atom stereocenters. The molecule has 0 radical (unpaired) electrons. The molecular formula is C16H17FN4O2. The predicted octanol–water partition coefficient (Wildman–Crippen LogP) is 1.74. The molecule has 23 heavy (non-hydrogen) atoms. The van der Waals surface area contributed by atoms with Crippen molar-refractivity contribution in [3.8, 4) is 0 Å². The van der Waals surface area contributed by atoms with Gasteiger partial charge in [-0.05, 0) is 18.2 Å². The number of halogens is 1. The minimum Gasteiger partial charge on any atom is -0.467 e. The first-order valence-corrected chi connectivity index (χ1v) is 7.25. The zero-order valence-corrected chi connectivity index (χ0v) is 12.7. The van der Waals surface area contributed by atoms with E-state index >= 15 is 0 Å². The maximum absolute atomic E-state index is 13.2. The second-order valence-corrected chi connectivity index (χ2v) is 5.23. The fraction of sp³-hybridized carbons (Fsp3) is 0.250. The lowest BCUT2D eigenvalue weighted by molar-refractivity contribution is 0.0953. The van der Waals surface area contributed by atoms with E-state index in [1.54, 1.807) is 12.1 Å². The summed E-state index contributed by atoms with van der Waals surface area (Å²) in [6, 6.07) is 6.12. The molecule has 3 aromatic rings. The van der Waals surface area contributed by atoms with Crippen molar-refractivity contribution in [3.63, 3.8) is 0 Å². The van der Waals surface area contributed by atoms with Crippen LogP contribution in [0.1, 0.15) is 21.9 Å². The molecule has 3 N–H and O–H groups in total. The number of fused-ring (bicyclic) bond motifs is 1. The Kier molecular flexibility index (Phi) is 4.12. The van der Waals surface area contributed by atoms with Gasteiger partial charge in [0, 0.05) is 26.1 Å². The number of nitrogens with one attached hydrogen (secondary N) is 1. The van der Waals surface area contributed by atoms with Gasteiger partial charge >= 0.3 is 0 Å². The van der Waals surface area contributed by atoms with Gasteiger partial charge in [0.05, 0.1) is 23.1 Å². The number of amides is 1. The first kappa shape index (κ1) is 15.2. The maximum Gasteiger partial charge on any atom is 0.254 e. The van der Waals surface area contributed by atoms with E-state index in [2.05, 4.69) is 10.3 Å². The SMILES string of the molecule is Cn1c(CCNC(=O)c2coc(CN)c2)nc2cc(F)ccc21. The van der Waals surface area contributed by atoms with Crippen molar-refractivity contribution >= 4 is 16.9 Å². The number of aromatic nitrogens is 2. The number of hydrogen-bond donors (Lipinski definition) is 2. The summed E-state index contributed by atoms with van der Waals surface area (Å²) in [5.74, 6) is 0.803. The minimum absolute atomic E-state index is 0.224. The summed E-state index contributed by atoms with van der Waals surface area (Å²) < 4.78 is 20.3. The molecule has 0 spiro atoms. The molecule has 0 bridgehead atoms. The van der Waals surface area contributed by atoms with Gasteiger partial charge in [-0.1, -0.05) is 0 Å². The van der Waals surface area contributed by atoms with Gasteiger partial charge in [0.2, 0.25) is 0 Å². The third-order valence-corrected chi connectivity index (χ3v) is 3.69. The van der Waals surface area contributed by atoms with Crippen LogP contribution in [0.5, 0.6) is 0 Å². The molecule has 3 rings (SSSR count). The average Bonchev–Trinajstić information content (AvgIpc) is 3.13. The highest BCUT2D eigenvalue weighted by molar-refractivity contribution is 5.93. The molecule has 0 atom stereocenters. The zero-order valence-electron chi connectivity index (χ0n) is 12.7. The van der Waals surface area contributed by atoms with Crippen molar-refractivity contribution in [3.05, 3.63) is 53.5 Å². The van der Waals surface area contributed by atoms with Crippen molar-refractivity contribution < 1.29 is 13.6 Å². The maximum atomic E-state index is 13.2. The first-order chi connectivity index (χ1) is 11.1. The Morgan fingerprint density at radius 3 is 3.00 bits per heavy atom. The van der Waals surface area contributed by atoms with E-state index in [0.717, 1.165) is 11.3 Å². The minimum atomic E-state index is -0.314. The number of aryl methyl sites for hydroxylation is 1. The Morgan fingerprint density at radius 1 is 1.43 bits per heavy atom. The van der Waals surface area contributed by atoms with Gasteiger partial charge < -0.3 is 20.0 Å². The Hall–Kier alpha value is -2.67. The van der Waals surface area contributed by atoms with Crippen LogP contribution in [-0.4, -0.2) is 22.0 Å². The number of nitrogens with two attached hydrogens (primary N) is 1. The number of benzene rings is 1. The van der Waals surface area contributed by atoms with Gasteiger partial charge in [-0.3, -0.25) is 4.79 Å². The molecule has 2 aromatic heterocycles. The van der Waals surface area contributed by atoms with E-state index < -0.39 is 0 Å². The zero-order chi connectivity index (χ0) is 16.4. The van der Waals surface area contributed by atoms with E-state index in [1.165, 1.54) is 18.4 Å². The third kappa shape index (κ3) is 3.09. The summed E-state index contributed by atoms with van der Waals surface area (Å²) in [5.41, 5.74) is 7.35. The standard InChI is InChI=1S/C16H17FN4O2/c1-21-14-3-2-11(17)7-13(14)20-15(21)4-5-19-16(22)10-6-12(8-18)23-9-10/h2-3,6-7,9H,4-5,8,18H2,1H3,(H,19,22). The van der Waals surface area contributed by atoms with Crippen LogP contribution in [-0.2, 0) is 20.0 Å². The molecular weight excluding hydrogens is 299 g/mol. The number of hydrogen-bond acceptors (Lipinski definition) is 4. The molecule has 0 aliphatic heterocycles. The van der Waals surface area contributed by atoms with E-state index in [-0.39, 0.29) is 18.3 Å². The van der Waals surface area contributed by atoms with Crippen molar-refractivity contribution in [2.75, 3.05) is 6.54 Å². The van der Waals surface area contributed by atoms with E-state index in [4.69, 9.17) is 10.2 Å². The Balaban J connectivity index is 1.64. The summed E-state index contributed by atoms with van der Waals surface area (Å²) in [4.78, 5) is 16.4. The third-order valence-electron chi connectivity index (χ3n) is 3.69. The molecule has 0 fully saturated rings. The highest BCUT2D eigenvalue weighted by Gasteiger charge is 2.11. The topological polar surface area (TPSA) is 86.1 Å². The summed E-state index contributed by atoms with van der Waals surface area (Å²) in [6.45, 7) is 0.672. The molecule has 2 heterocycles. The van der Waals surface area contributed by atoms with Gasteiger partial charge in [-0.2, -0.15) is 0 Å². The van der Waals surface area contributed by atoms with Crippen LogP contribution in [0.3, 0.4) is 0 Å². The number of carbonyl (C=O) groups is 1. The molecule has 0 saturated carbocycles. The molecule has 0 saturated heterocycles. The summed E-state index contributed by atoms with van der Waals surface area (Å²) in [6.07, 6.45) is 1.93. The van der Waals surface area contributed by atoms with E-state index in [0.29, 0.717) is 29.8 Å². The van der Waals surface area contributed by atoms with Crippen molar-refractivity contribution in [1.82, 2.24) is 14.9 Å². The smallest absolute Gasteiger partial charge is 0.254 e. The fourth-order valence-electron chi connectivity index (χ4n) is 2.44. The highest BCUT2D eigenvalue weighted by atomic mass is 19.1. The quantitative estimate of drug-likeness (QED) is 0.750. The van der Waals surface area contributed by atoms with Crippen LogP contribution in [0.25, 0.3) is 11.0 Å².